The Labute approximate surface area is 177 Å². The fourth-order valence-electron chi connectivity index (χ4n) is 5.99. The van der Waals surface area contributed by atoms with E-state index in [-0.39, 0.29) is 5.92 Å². The van der Waals surface area contributed by atoms with Gasteiger partial charge in [-0.3, -0.25) is 9.89 Å². The number of hydrogen-bond acceptors (Lipinski definition) is 2. The standard InChI is InChI=1S/C26H27N3O/c30-26(23-14-17-10-11-19(23)13-17)29-12-4-7-20(16-29)25-24(15-27-28-25)22-9-3-6-18-5-1-2-8-21(18)22/h1-3,5-6,8-11,15,17,19-20,23H,4,7,12-14,16H2,(H,27,28)/t17-,19+,20-,23+/m1/s1. The molecule has 3 aliphatic rings. The first kappa shape index (κ1) is 17.9. The van der Waals surface area contributed by atoms with Gasteiger partial charge in [-0.05, 0) is 53.9 Å². The highest BCUT2D eigenvalue weighted by atomic mass is 16.2. The Morgan fingerprint density at radius 3 is 2.80 bits per heavy atom. The molecule has 1 aliphatic heterocycles. The summed E-state index contributed by atoms with van der Waals surface area (Å²) in [5, 5.41) is 10.2. The average molecular weight is 398 g/mol. The van der Waals surface area contributed by atoms with Gasteiger partial charge in [0, 0.05) is 36.2 Å². The topological polar surface area (TPSA) is 49.0 Å². The molecule has 4 heteroatoms. The number of nitrogens with zero attached hydrogens (tertiary/aromatic N) is 2. The minimum atomic E-state index is 0.207. The monoisotopic (exact) mass is 397 g/mol. The van der Waals surface area contributed by atoms with E-state index in [1.807, 2.05) is 6.20 Å². The minimum Gasteiger partial charge on any atom is -0.342 e. The van der Waals surface area contributed by atoms with E-state index >= 15 is 0 Å². The third kappa shape index (κ3) is 2.89. The molecular formula is C26H27N3O. The number of carbonyl (C=O) groups excluding carboxylic acids is 1. The summed E-state index contributed by atoms with van der Waals surface area (Å²) in [5.74, 6) is 2.01. The van der Waals surface area contributed by atoms with E-state index in [0.29, 0.717) is 23.7 Å². The zero-order chi connectivity index (χ0) is 20.1. The highest BCUT2D eigenvalue weighted by Crippen LogP contribution is 2.45. The van der Waals surface area contributed by atoms with Crippen LogP contribution in [0.4, 0.5) is 0 Å². The van der Waals surface area contributed by atoms with Gasteiger partial charge in [-0.2, -0.15) is 5.10 Å². The third-order valence-corrected chi connectivity index (χ3v) is 7.49. The van der Waals surface area contributed by atoms with Crippen LogP contribution in [0.1, 0.15) is 37.3 Å². The number of rotatable bonds is 3. The molecule has 2 aromatic carbocycles. The van der Waals surface area contributed by atoms with Crippen molar-refractivity contribution in [3.05, 3.63) is 66.5 Å². The lowest BCUT2D eigenvalue weighted by Gasteiger charge is -2.35. The molecule has 2 aliphatic carbocycles. The van der Waals surface area contributed by atoms with Crippen molar-refractivity contribution in [2.24, 2.45) is 17.8 Å². The molecule has 3 aromatic rings. The van der Waals surface area contributed by atoms with Crippen molar-refractivity contribution in [1.82, 2.24) is 15.1 Å². The van der Waals surface area contributed by atoms with E-state index in [4.69, 9.17) is 0 Å². The largest absolute Gasteiger partial charge is 0.342 e. The van der Waals surface area contributed by atoms with Crippen molar-refractivity contribution in [3.63, 3.8) is 0 Å². The third-order valence-electron chi connectivity index (χ3n) is 7.49. The molecule has 1 N–H and O–H groups in total. The van der Waals surface area contributed by atoms with Crippen molar-refractivity contribution < 1.29 is 4.79 Å². The summed E-state index contributed by atoms with van der Waals surface area (Å²) in [7, 11) is 0. The van der Waals surface area contributed by atoms with Gasteiger partial charge >= 0.3 is 0 Å². The predicted octanol–water partition coefficient (Wildman–Crippen LogP) is 5.15. The van der Waals surface area contributed by atoms with Gasteiger partial charge in [0.25, 0.3) is 0 Å². The Morgan fingerprint density at radius 2 is 1.93 bits per heavy atom. The molecule has 1 saturated heterocycles. The van der Waals surface area contributed by atoms with Gasteiger partial charge < -0.3 is 4.90 Å². The second kappa shape index (κ2) is 7.12. The molecule has 30 heavy (non-hydrogen) atoms. The molecule has 1 aromatic heterocycles. The van der Waals surface area contributed by atoms with Crippen LogP contribution in [0.5, 0.6) is 0 Å². The zero-order valence-corrected chi connectivity index (χ0v) is 17.1. The van der Waals surface area contributed by atoms with E-state index < -0.39 is 0 Å². The van der Waals surface area contributed by atoms with E-state index in [1.165, 1.54) is 34.0 Å². The first-order chi connectivity index (χ1) is 14.8. The molecule has 0 unspecified atom stereocenters. The molecule has 4 nitrogen and oxygen atoms in total. The second-order valence-corrected chi connectivity index (χ2v) is 9.23. The van der Waals surface area contributed by atoms with Crippen LogP contribution in [0.2, 0.25) is 0 Å². The number of allylic oxidation sites excluding steroid dienone is 2. The Hall–Kier alpha value is -2.88. The van der Waals surface area contributed by atoms with Crippen molar-refractivity contribution >= 4 is 16.7 Å². The molecule has 6 rings (SSSR count). The maximum absolute atomic E-state index is 13.3. The van der Waals surface area contributed by atoms with Crippen molar-refractivity contribution in [1.29, 1.82) is 0 Å². The van der Waals surface area contributed by atoms with Crippen LogP contribution in [0, 0.1) is 17.8 Å². The van der Waals surface area contributed by atoms with Crippen LogP contribution in [0.15, 0.2) is 60.8 Å². The van der Waals surface area contributed by atoms with Crippen LogP contribution in [-0.4, -0.2) is 34.1 Å². The van der Waals surface area contributed by atoms with Gasteiger partial charge in [0.05, 0.1) is 6.20 Å². The lowest BCUT2D eigenvalue weighted by molar-refractivity contribution is -0.137. The number of likely N-dealkylation sites (tertiary alicyclic amines) is 1. The quantitative estimate of drug-likeness (QED) is 0.622. The van der Waals surface area contributed by atoms with Gasteiger partial charge in [0.2, 0.25) is 5.91 Å². The Kier molecular flexibility index (Phi) is 4.26. The summed E-state index contributed by atoms with van der Waals surface area (Å²) < 4.78 is 0. The maximum Gasteiger partial charge on any atom is 0.226 e. The lowest BCUT2D eigenvalue weighted by Crippen LogP contribution is -2.43. The van der Waals surface area contributed by atoms with Gasteiger partial charge in [0.1, 0.15) is 0 Å². The van der Waals surface area contributed by atoms with Gasteiger partial charge in [-0.25, -0.2) is 0 Å². The van der Waals surface area contributed by atoms with Gasteiger partial charge in [-0.1, -0.05) is 54.6 Å². The number of nitrogens with one attached hydrogen (secondary N) is 1. The normalized spacial score (nSPS) is 27.8. The first-order valence-corrected chi connectivity index (χ1v) is 11.3. The van der Waals surface area contributed by atoms with E-state index in [1.54, 1.807) is 0 Å². The molecule has 152 valence electrons. The van der Waals surface area contributed by atoms with E-state index in [2.05, 4.69) is 69.7 Å². The summed E-state index contributed by atoms with van der Waals surface area (Å²) in [6, 6.07) is 15.0. The van der Waals surface area contributed by atoms with Crippen molar-refractivity contribution in [2.75, 3.05) is 13.1 Å². The highest BCUT2D eigenvalue weighted by molar-refractivity contribution is 5.97. The average Bonchev–Trinajstić information content (AvgIpc) is 3.55. The number of piperidine rings is 1. The number of aromatic amines is 1. The smallest absolute Gasteiger partial charge is 0.226 e. The summed E-state index contributed by atoms with van der Waals surface area (Å²) in [6.45, 7) is 1.70. The van der Waals surface area contributed by atoms with Crippen molar-refractivity contribution in [3.8, 4) is 11.1 Å². The molecular weight excluding hydrogens is 370 g/mol. The first-order valence-electron chi connectivity index (χ1n) is 11.3. The minimum absolute atomic E-state index is 0.207. The van der Waals surface area contributed by atoms with Crippen LogP contribution < -0.4 is 0 Å². The van der Waals surface area contributed by atoms with Crippen molar-refractivity contribution in [2.45, 2.75) is 31.6 Å². The zero-order valence-electron chi connectivity index (χ0n) is 17.1. The number of fused-ring (bicyclic) bond motifs is 3. The SMILES string of the molecule is O=C([C@H]1C[C@@H]2C=C[C@H]1C2)N1CCC[C@@H](c2[nH]ncc2-c2cccc3ccccc23)C1. The highest BCUT2D eigenvalue weighted by Gasteiger charge is 2.42. The number of hydrogen-bond donors (Lipinski definition) is 1. The molecule has 4 atom stereocenters. The summed E-state index contributed by atoms with van der Waals surface area (Å²) in [6.07, 6.45) is 10.9. The van der Waals surface area contributed by atoms with Crippen LogP contribution in [0.25, 0.3) is 21.9 Å². The fraction of sp³-hybridized carbons (Fsp3) is 0.385. The maximum atomic E-state index is 13.3. The number of aromatic nitrogens is 2. The number of carbonyl (C=O) groups is 1. The molecule has 2 heterocycles. The molecule has 1 saturated carbocycles. The Balaban J connectivity index is 1.28. The summed E-state index contributed by atoms with van der Waals surface area (Å²) in [5.41, 5.74) is 3.57. The predicted molar refractivity (Wildman–Crippen MR) is 119 cm³/mol. The number of H-pyrrole nitrogens is 1. The van der Waals surface area contributed by atoms with Crippen LogP contribution >= 0.6 is 0 Å². The van der Waals surface area contributed by atoms with Gasteiger partial charge in [-0.15, -0.1) is 0 Å². The molecule has 2 bridgehead atoms. The summed E-state index contributed by atoms with van der Waals surface area (Å²) >= 11 is 0. The number of amides is 1. The van der Waals surface area contributed by atoms with E-state index in [9.17, 15) is 4.79 Å². The number of benzene rings is 2. The van der Waals surface area contributed by atoms with Gasteiger partial charge in [0.15, 0.2) is 0 Å². The summed E-state index contributed by atoms with van der Waals surface area (Å²) in [4.78, 5) is 15.4. The second-order valence-electron chi connectivity index (χ2n) is 9.23. The fourth-order valence-corrected chi connectivity index (χ4v) is 5.99. The molecule has 1 amide bonds. The van der Waals surface area contributed by atoms with Crippen LogP contribution in [0.3, 0.4) is 0 Å². The molecule has 0 spiro atoms. The van der Waals surface area contributed by atoms with E-state index in [0.717, 1.165) is 32.4 Å². The Morgan fingerprint density at radius 1 is 1.03 bits per heavy atom. The van der Waals surface area contributed by atoms with Crippen LogP contribution in [-0.2, 0) is 4.79 Å². The Bertz CT molecular complexity index is 1120. The molecule has 2 fully saturated rings. The lowest BCUT2D eigenvalue weighted by atomic mass is 9.87. The molecule has 0 radical (unpaired) electrons.